The van der Waals surface area contributed by atoms with E-state index in [0.717, 1.165) is 0 Å². The number of hydrogen-bond donors (Lipinski definition) is 1. The van der Waals surface area contributed by atoms with Gasteiger partial charge in [-0.3, -0.25) is 0 Å². The fourth-order valence-electron chi connectivity index (χ4n) is 2.04. The van der Waals surface area contributed by atoms with Crippen LogP contribution in [0.4, 0.5) is 0 Å². The average Bonchev–Trinajstić information content (AvgIpc) is 2.21. The molecule has 5 heteroatoms. The maximum Gasteiger partial charge on any atom is 0.112 e. The minimum absolute atomic E-state index is 0.0817. The molecular weight excluding hydrogens is 243 g/mol. The van der Waals surface area contributed by atoms with Gasteiger partial charge in [-0.25, -0.2) is 0 Å². The van der Waals surface area contributed by atoms with Crippen molar-refractivity contribution in [3.8, 4) is 0 Å². The van der Waals surface area contributed by atoms with Crippen LogP contribution in [0.25, 0.3) is 0 Å². The first-order chi connectivity index (χ1) is 8.49. The molecule has 1 aliphatic rings. The molecule has 0 aromatic heterocycles. The van der Waals surface area contributed by atoms with E-state index >= 15 is 0 Å². The van der Waals surface area contributed by atoms with E-state index in [2.05, 4.69) is 0 Å². The second kappa shape index (κ2) is 6.12. The molecule has 0 aliphatic carbocycles. The topological polar surface area (TPSA) is 47.9 Å². The van der Waals surface area contributed by atoms with Gasteiger partial charge in [-0.2, -0.15) is 0 Å². The van der Waals surface area contributed by atoms with Gasteiger partial charge in [0.05, 0.1) is 23.9 Å². The number of hydrogen-bond acceptors (Lipinski definition) is 4. The monoisotopic (exact) mass is 272 g/mol. The van der Waals surface area contributed by atoms with Crippen molar-refractivity contribution in [2.45, 2.75) is 76.9 Å². The molecule has 4 atom stereocenters. The average molecular weight is 272 g/mol. The van der Waals surface area contributed by atoms with Gasteiger partial charge in [0.1, 0.15) is 20.1 Å². The van der Waals surface area contributed by atoms with Crippen molar-refractivity contribution in [3.63, 3.8) is 0 Å². The Bertz CT molecular complexity index is 282. The van der Waals surface area contributed by atoms with Crippen LogP contribution in [-0.2, 0) is 14.2 Å². The Labute approximate surface area is 118 Å². The molecule has 4 nitrogen and oxygen atoms in total. The lowest BCUT2D eigenvalue weighted by Gasteiger charge is -2.42. The zero-order valence-electron chi connectivity index (χ0n) is 13.4. The fourth-order valence-corrected chi connectivity index (χ4v) is 2.04. The molecule has 19 heavy (non-hydrogen) atoms. The zero-order valence-corrected chi connectivity index (χ0v) is 13.4. The molecular formula is C14H29BO4. The lowest BCUT2D eigenvalue weighted by molar-refractivity contribution is -0.214. The molecule has 0 amide bonds. The molecule has 0 unspecified atom stereocenters. The normalized spacial score (nSPS) is 33.4. The van der Waals surface area contributed by atoms with Crippen LogP contribution in [0.3, 0.4) is 0 Å². The Morgan fingerprint density at radius 1 is 1.16 bits per heavy atom. The zero-order chi connectivity index (χ0) is 14.8. The first-order valence-corrected chi connectivity index (χ1v) is 7.11. The molecule has 0 radical (unpaired) electrons. The molecule has 0 aromatic carbocycles. The van der Waals surface area contributed by atoms with E-state index in [1.165, 1.54) is 0 Å². The van der Waals surface area contributed by atoms with Crippen molar-refractivity contribution in [1.82, 2.24) is 0 Å². The first-order valence-electron chi connectivity index (χ1n) is 7.11. The second-order valence-electron chi connectivity index (χ2n) is 7.46. The molecule has 0 bridgehead atoms. The van der Waals surface area contributed by atoms with Crippen molar-refractivity contribution < 1.29 is 19.3 Å². The van der Waals surface area contributed by atoms with E-state index < -0.39 is 6.10 Å². The standard InChI is InChI=1S/C14H29BO4/c1-13(2,3)18-8-10-12(19-14(4,5)6)11(16)9(15)7-17-10/h9-12,16H,7-8,15H2,1-6H3/t9-,10-,11+,12-/m1/s1. The van der Waals surface area contributed by atoms with E-state index in [4.69, 9.17) is 14.2 Å². The van der Waals surface area contributed by atoms with Gasteiger partial charge >= 0.3 is 0 Å². The molecule has 1 rings (SSSR count). The largest absolute Gasteiger partial charge is 0.391 e. The lowest BCUT2D eigenvalue weighted by atomic mass is 9.78. The van der Waals surface area contributed by atoms with Gasteiger partial charge in [-0.05, 0) is 47.4 Å². The molecule has 112 valence electrons. The van der Waals surface area contributed by atoms with Gasteiger partial charge in [0.2, 0.25) is 0 Å². The van der Waals surface area contributed by atoms with E-state index in [0.29, 0.717) is 13.2 Å². The summed E-state index contributed by atoms with van der Waals surface area (Å²) in [5.74, 6) is 0.0817. The van der Waals surface area contributed by atoms with Gasteiger partial charge in [0.25, 0.3) is 0 Å². The molecule has 0 aromatic rings. The highest BCUT2D eigenvalue weighted by Gasteiger charge is 2.40. The van der Waals surface area contributed by atoms with Gasteiger partial charge in [0.15, 0.2) is 0 Å². The molecule has 0 saturated carbocycles. The number of ether oxygens (including phenoxy) is 3. The minimum Gasteiger partial charge on any atom is -0.391 e. The highest BCUT2D eigenvalue weighted by Crippen LogP contribution is 2.29. The third kappa shape index (κ3) is 5.82. The van der Waals surface area contributed by atoms with Crippen LogP contribution in [0.1, 0.15) is 41.5 Å². The van der Waals surface area contributed by atoms with Crippen molar-refractivity contribution in [1.29, 1.82) is 0 Å². The third-order valence-electron chi connectivity index (χ3n) is 3.03. The van der Waals surface area contributed by atoms with Crippen molar-refractivity contribution >= 4 is 7.85 Å². The Kier molecular flexibility index (Phi) is 5.47. The quantitative estimate of drug-likeness (QED) is 0.783. The van der Waals surface area contributed by atoms with Crippen molar-refractivity contribution in [3.05, 3.63) is 0 Å². The molecule has 1 N–H and O–H groups in total. The van der Waals surface area contributed by atoms with Crippen LogP contribution in [0.5, 0.6) is 0 Å². The van der Waals surface area contributed by atoms with Crippen molar-refractivity contribution in [2.75, 3.05) is 13.2 Å². The van der Waals surface area contributed by atoms with E-state index in [1.807, 2.05) is 49.4 Å². The summed E-state index contributed by atoms with van der Waals surface area (Å²) >= 11 is 0. The summed E-state index contributed by atoms with van der Waals surface area (Å²) in [6, 6.07) is 0. The summed E-state index contributed by atoms with van der Waals surface area (Å²) in [6.45, 7) is 13.0. The molecule has 0 spiro atoms. The minimum atomic E-state index is -0.512. The predicted molar refractivity (Wildman–Crippen MR) is 78.4 cm³/mol. The molecule has 1 aliphatic heterocycles. The lowest BCUT2D eigenvalue weighted by Crippen LogP contribution is -2.54. The first kappa shape index (κ1) is 17.0. The van der Waals surface area contributed by atoms with Crippen LogP contribution < -0.4 is 0 Å². The highest BCUT2D eigenvalue weighted by atomic mass is 16.6. The van der Waals surface area contributed by atoms with Crippen LogP contribution in [-0.4, -0.2) is 55.7 Å². The molecule has 1 saturated heterocycles. The summed E-state index contributed by atoms with van der Waals surface area (Å²) in [5, 5.41) is 10.3. The summed E-state index contributed by atoms with van der Waals surface area (Å²) in [4.78, 5) is 0. The number of aliphatic hydroxyl groups excluding tert-OH is 1. The predicted octanol–water partition coefficient (Wildman–Crippen LogP) is 1.17. The fraction of sp³-hybridized carbons (Fsp3) is 1.00. The van der Waals surface area contributed by atoms with Crippen molar-refractivity contribution in [2.24, 2.45) is 0 Å². The second-order valence-corrected chi connectivity index (χ2v) is 7.46. The maximum atomic E-state index is 10.3. The van der Waals surface area contributed by atoms with Gasteiger partial charge in [-0.15, -0.1) is 0 Å². The van der Waals surface area contributed by atoms with Crippen LogP contribution in [0, 0.1) is 0 Å². The van der Waals surface area contributed by atoms with E-state index in [1.54, 1.807) is 0 Å². The van der Waals surface area contributed by atoms with Crippen LogP contribution in [0.15, 0.2) is 0 Å². The van der Waals surface area contributed by atoms with Gasteiger partial charge in [0, 0.05) is 6.61 Å². The summed E-state index contributed by atoms with van der Waals surface area (Å²) in [5.41, 5.74) is -0.532. The summed E-state index contributed by atoms with van der Waals surface area (Å²) < 4.78 is 17.6. The number of aliphatic hydroxyl groups is 1. The molecule has 1 fully saturated rings. The summed E-state index contributed by atoms with van der Waals surface area (Å²) in [7, 11) is 1.98. The Balaban J connectivity index is 2.70. The highest BCUT2D eigenvalue weighted by molar-refractivity contribution is 6.12. The Morgan fingerprint density at radius 3 is 2.21 bits per heavy atom. The van der Waals surface area contributed by atoms with E-state index in [-0.39, 0.29) is 29.2 Å². The van der Waals surface area contributed by atoms with Gasteiger partial charge in [-0.1, -0.05) is 0 Å². The van der Waals surface area contributed by atoms with Crippen LogP contribution in [0.2, 0.25) is 5.82 Å². The third-order valence-corrected chi connectivity index (χ3v) is 3.03. The number of rotatable bonds is 3. The SMILES string of the molecule is B[C@@H]1CO[C@H](COC(C)(C)C)[C@@H](OC(C)(C)C)[C@H]1O. The van der Waals surface area contributed by atoms with Gasteiger partial charge < -0.3 is 19.3 Å². The molecule has 1 heterocycles. The van der Waals surface area contributed by atoms with E-state index in [9.17, 15) is 5.11 Å². The Hall–Kier alpha value is -0.0951. The maximum absolute atomic E-state index is 10.3. The Morgan fingerprint density at radius 2 is 1.74 bits per heavy atom. The smallest absolute Gasteiger partial charge is 0.112 e. The summed E-state index contributed by atoms with van der Waals surface area (Å²) in [6.07, 6.45) is -1.07. The van der Waals surface area contributed by atoms with Crippen LogP contribution >= 0.6 is 0 Å².